The van der Waals surface area contributed by atoms with Crippen LogP contribution in [0.1, 0.15) is 19.8 Å². The normalized spacial score (nSPS) is 20.5. The third kappa shape index (κ3) is 3.30. The van der Waals surface area contributed by atoms with Gasteiger partial charge in [-0.15, -0.1) is 6.58 Å². The fourth-order valence-electron chi connectivity index (χ4n) is 1.55. The van der Waals surface area contributed by atoms with E-state index in [1.807, 2.05) is 0 Å². The lowest BCUT2D eigenvalue weighted by molar-refractivity contribution is -0.145. The minimum atomic E-state index is -0.749. The van der Waals surface area contributed by atoms with Crippen LogP contribution in [0.15, 0.2) is 12.7 Å². The number of imide groups is 1. The number of hydrogen-bond acceptors (Lipinski definition) is 4. The zero-order chi connectivity index (χ0) is 12.8. The second-order valence-corrected chi connectivity index (χ2v) is 3.59. The molecule has 1 atom stereocenters. The van der Waals surface area contributed by atoms with E-state index in [1.165, 1.54) is 6.08 Å². The van der Waals surface area contributed by atoms with Gasteiger partial charge in [-0.2, -0.15) is 0 Å². The van der Waals surface area contributed by atoms with Crippen molar-refractivity contribution in [1.82, 2.24) is 10.2 Å². The summed E-state index contributed by atoms with van der Waals surface area (Å²) >= 11 is 0. The molecule has 1 unspecified atom stereocenters. The average Bonchev–Trinajstić information content (AvgIpc) is 2.43. The Balaban J connectivity index is 2.72. The van der Waals surface area contributed by atoms with Crippen molar-refractivity contribution in [2.45, 2.75) is 25.8 Å². The first-order valence-electron chi connectivity index (χ1n) is 5.48. The van der Waals surface area contributed by atoms with Gasteiger partial charge in [-0.3, -0.25) is 9.69 Å². The first-order valence-corrected chi connectivity index (χ1v) is 5.48. The fraction of sp³-hybridized carbons (Fsp3) is 0.545. The summed E-state index contributed by atoms with van der Waals surface area (Å²) in [4.78, 5) is 35.8. The third-order valence-corrected chi connectivity index (χ3v) is 2.37. The van der Waals surface area contributed by atoms with Crippen LogP contribution in [0.3, 0.4) is 0 Å². The maximum atomic E-state index is 11.7. The number of nitrogens with one attached hydrogen (secondary N) is 1. The summed E-state index contributed by atoms with van der Waals surface area (Å²) in [6.07, 6.45) is 1.86. The van der Waals surface area contributed by atoms with E-state index >= 15 is 0 Å². The summed E-state index contributed by atoms with van der Waals surface area (Å²) < 4.78 is 4.81. The summed E-state index contributed by atoms with van der Waals surface area (Å²) in [6.45, 7) is 5.54. The summed E-state index contributed by atoms with van der Waals surface area (Å²) in [7, 11) is 0. The minimum Gasteiger partial charge on any atom is -0.464 e. The molecule has 0 aliphatic carbocycles. The van der Waals surface area contributed by atoms with Crippen LogP contribution in [0, 0.1) is 0 Å². The highest BCUT2D eigenvalue weighted by molar-refractivity contribution is 5.97. The Kier molecular flexibility index (Phi) is 4.68. The van der Waals surface area contributed by atoms with Gasteiger partial charge in [0.05, 0.1) is 6.61 Å². The molecule has 0 aromatic heterocycles. The fourth-order valence-corrected chi connectivity index (χ4v) is 1.55. The first kappa shape index (κ1) is 13.2. The molecule has 1 saturated heterocycles. The SMILES string of the molecule is C=CCN1C(=O)CCC(C(=O)OCC)NC1=O. The molecular formula is C11H16N2O4. The van der Waals surface area contributed by atoms with E-state index in [0.29, 0.717) is 0 Å². The predicted octanol–water partition coefficient (Wildman–Crippen LogP) is 0.436. The molecule has 1 heterocycles. The lowest BCUT2D eigenvalue weighted by Crippen LogP contribution is -2.46. The average molecular weight is 240 g/mol. The molecule has 1 aliphatic rings. The second kappa shape index (κ2) is 6.03. The quantitative estimate of drug-likeness (QED) is 0.571. The van der Waals surface area contributed by atoms with Gasteiger partial charge in [0, 0.05) is 13.0 Å². The smallest absolute Gasteiger partial charge is 0.328 e. The van der Waals surface area contributed by atoms with Crippen LogP contribution < -0.4 is 5.32 Å². The maximum Gasteiger partial charge on any atom is 0.328 e. The Labute approximate surface area is 99.6 Å². The Morgan fingerprint density at radius 3 is 2.94 bits per heavy atom. The number of hydrogen-bond donors (Lipinski definition) is 1. The summed E-state index contributed by atoms with van der Waals surface area (Å²) in [5, 5.41) is 2.47. The van der Waals surface area contributed by atoms with Gasteiger partial charge in [0.15, 0.2) is 0 Å². The van der Waals surface area contributed by atoms with Crippen LogP contribution >= 0.6 is 0 Å². The molecule has 1 fully saturated rings. The van der Waals surface area contributed by atoms with Crippen molar-refractivity contribution in [3.8, 4) is 0 Å². The number of urea groups is 1. The van der Waals surface area contributed by atoms with E-state index in [-0.39, 0.29) is 31.9 Å². The zero-order valence-electron chi connectivity index (χ0n) is 9.77. The number of nitrogens with zero attached hydrogens (tertiary/aromatic N) is 1. The van der Waals surface area contributed by atoms with E-state index < -0.39 is 18.0 Å². The van der Waals surface area contributed by atoms with E-state index in [1.54, 1.807) is 6.92 Å². The van der Waals surface area contributed by atoms with Crippen molar-refractivity contribution in [3.05, 3.63) is 12.7 Å². The molecule has 0 saturated carbocycles. The summed E-state index contributed by atoms with van der Waals surface area (Å²) in [6, 6.07) is -1.33. The molecule has 0 radical (unpaired) electrons. The van der Waals surface area contributed by atoms with Crippen LogP contribution in [-0.2, 0) is 14.3 Å². The van der Waals surface area contributed by atoms with Gasteiger partial charge in [-0.1, -0.05) is 6.08 Å². The van der Waals surface area contributed by atoms with Crippen molar-refractivity contribution in [3.63, 3.8) is 0 Å². The minimum absolute atomic E-state index is 0.135. The summed E-state index contributed by atoms with van der Waals surface area (Å²) in [5.41, 5.74) is 0. The summed E-state index contributed by atoms with van der Waals surface area (Å²) in [5.74, 6) is -0.816. The molecule has 1 rings (SSSR count). The highest BCUT2D eigenvalue weighted by atomic mass is 16.5. The third-order valence-electron chi connectivity index (χ3n) is 2.37. The number of carbonyl (C=O) groups is 3. The molecule has 0 aromatic rings. The molecule has 6 nitrogen and oxygen atoms in total. The largest absolute Gasteiger partial charge is 0.464 e. The van der Waals surface area contributed by atoms with Gasteiger partial charge < -0.3 is 10.1 Å². The second-order valence-electron chi connectivity index (χ2n) is 3.59. The Morgan fingerprint density at radius 1 is 1.65 bits per heavy atom. The van der Waals surface area contributed by atoms with Gasteiger partial charge >= 0.3 is 12.0 Å². The van der Waals surface area contributed by atoms with Gasteiger partial charge in [-0.25, -0.2) is 9.59 Å². The van der Waals surface area contributed by atoms with Gasteiger partial charge in [0.1, 0.15) is 6.04 Å². The molecule has 6 heteroatoms. The number of ether oxygens (including phenoxy) is 1. The Bertz CT molecular complexity index is 340. The number of esters is 1. The molecule has 1 N–H and O–H groups in total. The lowest BCUT2D eigenvalue weighted by Gasteiger charge is -2.17. The van der Waals surface area contributed by atoms with Crippen LogP contribution in [-0.4, -0.2) is 42.0 Å². The molecular weight excluding hydrogens is 224 g/mol. The van der Waals surface area contributed by atoms with Crippen molar-refractivity contribution in [2.24, 2.45) is 0 Å². The first-order chi connectivity index (χ1) is 8.10. The van der Waals surface area contributed by atoms with E-state index in [4.69, 9.17) is 4.74 Å². The molecule has 0 aromatic carbocycles. The topological polar surface area (TPSA) is 75.7 Å². The zero-order valence-corrected chi connectivity index (χ0v) is 9.77. The van der Waals surface area contributed by atoms with Gasteiger partial charge in [0.2, 0.25) is 5.91 Å². The van der Waals surface area contributed by atoms with Crippen LogP contribution in [0.5, 0.6) is 0 Å². The molecule has 0 spiro atoms. The lowest BCUT2D eigenvalue weighted by atomic mass is 10.1. The standard InChI is InChI=1S/C11H16N2O4/c1-3-7-13-9(14)6-5-8(12-11(13)16)10(15)17-4-2/h3,8H,1,4-7H2,2H3,(H,12,16). The molecule has 1 aliphatic heterocycles. The van der Waals surface area contributed by atoms with Crippen LogP contribution in [0.2, 0.25) is 0 Å². The molecule has 17 heavy (non-hydrogen) atoms. The number of rotatable bonds is 4. The van der Waals surface area contributed by atoms with Crippen molar-refractivity contribution < 1.29 is 19.1 Å². The van der Waals surface area contributed by atoms with Crippen molar-refractivity contribution in [2.75, 3.05) is 13.2 Å². The van der Waals surface area contributed by atoms with Crippen LogP contribution in [0.4, 0.5) is 4.79 Å². The Morgan fingerprint density at radius 2 is 2.35 bits per heavy atom. The predicted molar refractivity (Wildman–Crippen MR) is 60.1 cm³/mol. The van der Waals surface area contributed by atoms with Crippen molar-refractivity contribution >= 4 is 17.9 Å². The van der Waals surface area contributed by atoms with Crippen molar-refractivity contribution in [1.29, 1.82) is 0 Å². The van der Waals surface area contributed by atoms with E-state index in [9.17, 15) is 14.4 Å². The maximum absolute atomic E-state index is 11.7. The van der Waals surface area contributed by atoms with E-state index in [0.717, 1.165) is 4.90 Å². The number of amides is 3. The van der Waals surface area contributed by atoms with Gasteiger partial charge in [0.25, 0.3) is 0 Å². The van der Waals surface area contributed by atoms with Crippen LogP contribution in [0.25, 0.3) is 0 Å². The molecule has 3 amide bonds. The van der Waals surface area contributed by atoms with E-state index in [2.05, 4.69) is 11.9 Å². The Hall–Kier alpha value is -1.85. The highest BCUT2D eigenvalue weighted by Crippen LogP contribution is 2.10. The number of carbonyl (C=O) groups excluding carboxylic acids is 3. The van der Waals surface area contributed by atoms with Gasteiger partial charge in [-0.05, 0) is 13.3 Å². The molecule has 94 valence electrons. The highest BCUT2D eigenvalue weighted by Gasteiger charge is 2.31. The molecule has 0 bridgehead atoms. The monoisotopic (exact) mass is 240 g/mol.